The highest BCUT2D eigenvalue weighted by atomic mass is 127. The van der Waals surface area contributed by atoms with Crippen molar-refractivity contribution in [3.63, 3.8) is 0 Å². The molecule has 26 heavy (non-hydrogen) atoms. The number of nitrogens with two attached hydrogens (primary N) is 1. The molecule has 0 aliphatic rings. The van der Waals surface area contributed by atoms with E-state index in [1.54, 1.807) is 12.1 Å². The van der Waals surface area contributed by atoms with Crippen LogP contribution in [0.5, 0.6) is 11.6 Å². The van der Waals surface area contributed by atoms with Crippen LogP contribution in [0.1, 0.15) is 0 Å². The lowest BCUT2D eigenvalue weighted by Gasteiger charge is -2.14. The van der Waals surface area contributed by atoms with Crippen molar-refractivity contribution in [2.45, 2.75) is 6.36 Å². The molecule has 0 atom stereocenters. The van der Waals surface area contributed by atoms with Gasteiger partial charge in [-0.2, -0.15) is 0 Å². The molecule has 0 spiro atoms. The average Bonchev–Trinajstić information content (AvgIpc) is 2.54. The average molecular weight is 503 g/mol. The van der Waals surface area contributed by atoms with E-state index < -0.39 is 12.1 Å². The molecule has 1 aromatic carbocycles. The summed E-state index contributed by atoms with van der Waals surface area (Å²) >= 11 is 5.70. The highest BCUT2D eigenvalue weighted by Crippen LogP contribution is 2.29. The maximum absolute atomic E-state index is 12.4. The number of aliphatic imine (C=N–C) groups is 1. The Labute approximate surface area is 169 Å². The van der Waals surface area contributed by atoms with Gasteiger partial charge in [-0.05, 0) is 18.2 Å². The molecule has 1 aromatic heterocycles. The fourth-order valence-electron chi connectivity index (χ4n) is 1.73. The minimum Gasteiger partial charge on any atom is -0.476 e. The first kappa shape index (κ1) is 22.1. The van der Waals surface area contributed by atoms with Gasteiger partial charge in [-0.1, -0.05) is 23.7 Å². The first-order valence-corrected chi connectivity index (χ1v) is 7.37. The Hall–Kier alpha value is -1.95. The van der Waals surface area contributed by atoms with Gasteiger partial charge in [-0.25, -0.2) is 9.98 Å². The molecule has 0 unspecified atom stereocenters. The van der Waals surface area contributed by atoms with Crippen LogP contribution in [0.2, 0.25) is 5.02 Å². The first-order valence-electron chi connectivity index (χ1n) is 6.99. The molecule has 0 saturated carbocycles. The number of hydrogen-bond acceptors (Lipinski definition) is 4. The van der Waals surface area contributed by atoms with E-state index in [2.05, 4.69) is 20.0 Å². The molecule has 0 aliphatic heterocycles. The minimum absolute atomic E-state index is 0. The fraction of sp³-hybridized carbons (Fsp3) is 0.200. The van der Waals surface area contributed by atoms with E-state index in [-0.39, 0.29) is 48.8 Å². The van der Waals surface area contributed by atoms with Crippen LogP contribution in [-0.2, 0) is 0 Å². The predicted molar refractivity (Wildman–Crippen MR) is 103 cm³/mol. The molecule has 0 amide bonds. The molecule has 11 heteroatoms. The van der Waals surface area contributed by atoms with E-state index >= 15 is 0 Å². The zero-order valence-electron chi connectivity index (χ0n) is 13.2. The number of para-hydroxylation sites is 2. The number of benzene rings is 1. The van der Waals surface area contributed by atoms with Crippen molar-refractivity contribution in [3.05, 3.63) is 47.6 Å². The van der Waals surface area contributed by atoms with E-state index in [1.165, 1.54) is 30.5 Å². The van der Waals surface area contributed by atoms with Crippen molar-refractivity contribution in [1.29, 1.82) is 0 Å². The molecule has 2 aromatic rings. The van der Waals surface area contributed by atoms with Gasteiger partial charge in [0.25, 0.3) is 0 Å². The molecular formula is C15H15ClF3IN4O2. The number of nitrogens with zero attached hydrogens (tertiary/aromatic N) is 2. The van der Waals surface area contributed by atoms with Gasteiger partial charge in [-0.3, -0.25) is 0 Å². The van der Waals surface area contributed by atoms with Crippen molar-refractivity contribution in [1.82, 2.24) is 4.98 Å². The van der Waals surface area contributed by atoms with Crippen molar-refractivity contribution in [3.8, 4) is 11.6 Å². The van der Waals surface area contributed by atoms with Gasteiger partial charge in [0, 0.05) is 12.3 Å². The Morgan fingerprint density at radius 1 is 1.23 bits per heavy atom. The Bertz CT molecular complexity index is 730. The van der Waals surface area contributed by atoms with Crippen LogP contribution in [0, 0.1) is 0 Å². The number of ether oxygens (including phenoxy) is 2. The molecule has 0 bridgehead atoms. The van der Waals surface area contributed by atoms with E-state index in [0.717, 1.165) is 0 Å². The third kappa shape index (κ3) is 7.95. The number of hydrogen-bond donors (Lipinski definition) is 2. The monoisotopic (exact) mass is 502 g/mol. The Kier molecular flexibility index (Phi) is 8.72. The van der Waals surface area contributed by atoms with Crippen LogP contribution in [0.25, 0.3) is 0 Å². The van der Waals surface area contributed by atoms with Crippen LogP contribution < -0.4 is 20.5 Å². The van der Waals surface area contributed by atoms with Gasteiger partial charge >= 0.3 is 6.36 Å². The number of rotatable bonds is 6. The maximum atomic E-state index is 12.4. The van der Waals surface area contributed by atoms with Gasteiger partial charge in [0.05, 0.1) is 17.3 Å². The van der Waals surface area contributed by atoms with Crippen molar-refractivity contribution in [2.24, 2.45) is 10.7 Å². The van der Waals surface area contributed by atoms with Gasteiger partial charge < -0.3 is 20.5 Å². The third-order valence-electron chi connectivity index (χ3n) is 2.70. The lowest BCUT2D eigenvalue weighted by molar-refractivity contribution is -0.274. The smallest absolute Gasteiger partial charge is 0.476 e. The van der Waals surface area contributed by atoms with Gasteiger partial charge in [0.1, 0.15) is 6.61 Å². The molecule has 6 nitrogen and oxygen atoms in total. The lowest BCUT2D eigenvalue weighted by Crippen LogP contribution is -2.25. The van der Waals surface area contributed by atoms with E-state index in [0.29, 0.717) is 10.9 Å². The molecule has 0 saturated heterocycles. The van der Waals surface area contributed by atoms with Crippen LogP contribution >= 0.6 is 35.6 Å². The van der Waals surface area contributed by atoms with Gasteiger partial charge in [0.2, 0.25) is 5.88 Å². The largest absolute Gasteiger partial charge is 0.573 e. The number of pyridine rings is 1. The van der Waals surface area contributed by atoms with Crippen molar-refractivity contribution < 1.29 is 22.6 Å². The Morgan fingerprint density at radius 2 is 1.96 bits per heavy atom. The Morgan fingerprint density at radius 3 is 2.62 bits per heavy atom. The summed E-state index contributed by atoms with van der Waals surface area (Å²) in [6, 6.07) is 8.72. The Balaban J connectivity index is 0.00000338. The van der Waals surface area contributed by atoms with Crippen LogP contribution in [0.15, 0.2) is 47.6 Å². The summed E-state index contributed by atoms with van der Waals surface area (Å²) in [7, 11) is 0. The van der Waals surface area contributed by atoms with Crippen LogP contribution in [0.3, 0.4) is 0 Å². The predicted octanol–water partition coefficient (Wildman–Crippen LogP) is 4.06. The summed E-state index contributed by atoms with van der Waals surface area (Å²) < 4.78 is 46.3. The van der Waals surface area contributed by atoms with Gasteiger partial charge in [0.15, 0.2) is 11.7 Å². The number of alkyl halides is 3. The molecular weight excluding hydrogens is 488 g/mol. The molecule has 0 fully saturated rings. The molecule has 2 rings (SSSR count). The van der Waals surface area contributed by atoms with Crippen LogP contribution in [0.4, 0.5) is 18.9 Å². The summed E-state index contributed by atoms with van der Waals surface area (Å²) in [6.45, 7) is 0.350. The van der Waals surface area contributed by atoms with Gasteiger partial charge in [-0.15, -0.1) is 37.1 Å². The number of aromatic nitrogens is 1. The minimum atomic E-state index is -4.80. The van der Waals surface area contributed by atoms with Crippen LogP contribution in [-0.4, -0.2) is 30.5 Å². The molecule has 0 aliphatic carbocycles. The quantitative estimate of drug-likeness (QED) is 0.270. The number of halogens is 5. The zero-order chi connectivity index (χ0) is 18.3. The summed E-state index contributed by atoms with van der Waals surface area (Å²) in [5.41, 5.74) is 5.69. The first-order chi connectivity index (χ1) is 11.8. The second kappa shape index (κ2) is 10.3. The second-order valence-electron chi connectivity index (χ2n) is 4.60. The molecule has 1 heterocycles. The number of anilines is 1. The van der Waals surface area contributed by atoms with Crippen molar-refractivity contribution >= 4 is 47.2 Å². The molecule has 0 radical (unpaired) electrons. The normalized spacial score (nSPS) is 11.5. The maximum Gasteiger partial charge on any atom is 0.573 e. The van der Waals surface area contributed by atoms with E-state index in [1.807, 2.05) is 0 Å². The molecule has 142 valence electrons. The highest BCUT2D eigenvalue weighted by Gasteiger charge is 2.32. The summed E-state index contributed by atoms with van der Waals surface area (Å²) in [5.74, 6) is -0.115. The summed E-state index contributed by atoms with van der Waals surface area (Å²) in [5, 5.41) is 3.04. The number of guanidine groups is 1. The highest BCUT2D eigenvalue weighted by molar-refractivity contribution is 14.0. The number of nitrogens with one attached hydrogen (secondary N) is 1. The summed E-state index contributed by atoms with van der Waals surface area (Å²) in [4.78, 5) is 7.89. The van der Waals surface area contributed by atoms with E-state index in [4.69, 9.17) is 22.1 Å². The lowest BCUT2D eigenvalue weighted by atomic mass is 10.3. The SMILES string of the molecule is I.NC(=NCCOc1ccc(Cl)cn1)Nc1ccccc1OC(F)(F)F. The third-order valence-corrected chi connectivity index (χ3v) is 2.92. The zero-order valence-corrected chi connectivity index (χ0v) is 16.3. The molecule has 3 N–H and O–H groups in total. The standard InChI is InChI=1S/C15H14ClF3N4O2.HI/c16-10-5-6-13(22-9-10)24-8-7-21-14(20)23-11-3-1-2-4-12(11)25-15(17,18)19;/h1-6,9H,7-8H2,(H3,20,21,23);1H. The second-order valence-corrected chi connectivity index (χ2v) is 5.04. The van der Waals surface area contributed by atoms with E-state index in [9.17, 15) is 13.2 Å². The van der Waals surface area contributed by atoms with Crippen molar-refractivity contribution in [2.75, 3.05) is 18.5 Å². The fourth-order valence-corrected chi connectivity index (χ4v) is 1.84. The topological polar surface area (TPSA) is 81.8 Å². The summed E-state index contributed by atoms with van der Waals surface area (Å²) in [6.07, 6.45) is -3.36.